The molecular formula is C17H21F3N4O. The molecule has 0 N–H and O–H groups in total. The number of halogens is 3. The van der Waals surface area contributed by atoms with Gasteiger partial charge in [0.25, 0.3) is 0 Å². The van der Waals surface area contributed by atoms with Crippen LogP contribution in [0.1, 0.15) is 37.8 Å². The average Bonchev–Trinajstić information content (AvgIpc) is 3.29. The van der Waals surface area contributed by atoms with Crippen molar-refractivity contribution < 1.29 is 18.0 Å². The maximum atomic E-state index is 13.0. The summed E-state index contributed by atoms with van der Waals surface area (Å²) in [5, 5.41) is 0. The molecule has 136 valence electrons. The number of aromatic nitrogens is 2. The van der Waals surface area contributed by atoms with Gasteiger partial charge in [0.05, 0.1) is 5.41 Å². The van der Waals surface area contributed by atoms with Crippen LogP contribution in [-0.2, 0) is 11.0 Å². The molecule has 1 saturated carbocycles. The summed E-state index contributed by atoms with van der Waals surface area (Å²) in [5.74, 6) is 0.877. The van der Waals surface area contributed by atoms with Crippen LogP contribution >= 0.6 is 0 Å². The number of hydrogen-bond donors (Lipinski definition) is 0. The van der Waals surface area contributed by atoms with Crippen LogP contribution in [0.15, 0.2) is 12.3 Å². The lowest BCUT2D eigenvalue weighted by atomic mass is 9.78. The number of anilines is 1. The molecule has 0 aromatic carbocycles. The Bertz CT molecular complexity index is 676. The van der Waals surface area contributed by atoms with Gasteiger partial charge in [-0.15, -0.1) is 0 Å². The van der Waals surface area contributed by atoms with E-state index in [4.69, 9.17) is 0 Å². The van der Waals surface area contributed by atoms with Crippen molar-refractivity contribution in [2.75, 3.05) is 31.1 Å². The van der Waals surface area contributed by atoms with Crippen molar-refractivity contribution in [2.45, 2.75) is 38.3 Å². The van der Waals surface area contributed by atoms with Crippen LogP contribution in [0.2, 0.25) is 0 Å². The second-order valence-electron chi connectivity index (χ2n) is 7.49. The van der Waals surface area contributed by atoms with Crippen LogP contribution in [0.25, 0.3) is 0 Å². The number of nitrogens with zero attached hydrogens (tertiary/aromatic N) is 4. The quantitative estimate of drug-likeness (QED) is 0.838. The summed E-state index contributed by atoms with van der Waals surface area (Å²) in [5.41, 5.74) is -1.42. The van der Waals surface area contributed by atoms with E-state index < -0.39 is 17.3 Å². The Hall–Kier alpha value is -1.86. The molecule has 3 aliphatic rings. The molecule has 1 amide bonds. The highest BCUT2D eigenvalue weighted by Gasteiger charge is 2.49. The van der Waals surface area contributed by atoms with Crippen molar-refractivity contribution >= 4 is 11.9 Å². The molecule has 1 aromatic rings. The normalized spacial score (nSPS) is 27.4. The zero-order chi connectivity index (χ0) is 17.7. The first-order valence-corrected chi connectivity index (χ1v) is 8.82. The smallest absolute Gasteiger partial charge is 0.342 e. The lowest BCUT2D eigenvalue weighted by Crippen LogP contribution is -2.50. The molecule has 3 heterocycles. The van der Waals surface area contributed by atoms with Gasteiger partial charge in [-0.05, 0) is 44.1 Å². The molecule has 1 atom stereocenters. The Labute approximate surface area is 144 Å². The summed E-state index contributed by atoms with van der Waals surface area (Å²) in [4.78, 5) is 24.4. The predicted molar refractivity (Wildman–Crippen MR) is 84.8 cm³/mol. The highest BCUT2D eigenvalue weighted by atomic mass is 19.4. The number of likely N-dealkylation sites (tertiary alicyclic amines) is 1. The molecule has 2 saturated heterocycles. The third-order valence-electron chi connectivity index (χ3n) is 5.57. The van der Waals surface area contributed by atoms with E-state index in [1.807, 2.05) is 4.90 Å². The van der Waals surface area contributed by atoms with Gasteiger partial charge in [-0.3, -0.25) is 4.79 Å². The third kappa shape index (κ3) is 3.18. The molecule has 4 rings (SSSR count). The van der Waals surface area contributed by atoms with E-state index in [-0.39, 0.29) is 11.9 Å². The molecule has 2 aliphatic heterocycles. The molecule has 0 bridgehead atoms. The van der Waals surface area contributed by atoms with Gasteiger partial charge < -0.3 is 9.80 Å². The molecule has 3 fully saturated rings. The molecule has 1 spiro atoms. The van der Waals surface area contributed by atoms with Crippen molar-refractivity contribution in [1.29, 1.82) is 0 Å². The van der Waals surface area contributed by atoms with Gasteiger partial charge in [-0.25, -0.2) is 9.97 Å². The zero-order valence-corrected chi connectivity index (χ0v) is 13.9. The van der Waals surface area contributed by atoms with Crippen LogP contribution in [0.4, 0.5) is 19.1 Å². The standard InChI is InChI=1S/C17H21F3N4O/c18-17(19,20)13-4-7-21-15(22-13)24-9-6-16(11-24)5-1-8-23(14(16)25)10-12-2-3-12/h4,7,12H,1-3,5-6,8-11H2/t16-/m1/s1. The maximum Gasteiger partial charge on any atom is 0.433 e. The van der Waals surface area contributed by atoms with Crippen molar-refractivity contribution in [2.24, 2.45) is 11.3 Å². The van der Waals surface area contributed by atoms with Gasteiger partial charge in [0.2, 0.25) is 11.9 Å². The molecule has 0 unspecified atom stereocenters. The van der Waals surface area contributed by atoms with E-state index in [1.165, 1.54) is 12.8 Å². The Morgan fingerprint density at radius 2 is 2.04 bits per heavy atom. The fourth-order valence-electron chi connectivity index (χ4n) is 4.02. The van der Waals surface area contributed by atoms with Crippen LogP contribution in [0.5, 0.6) is 0 Å². The van der Waals surface area contributed by atoms with E-state index in [0.717, 1.165) is 38.2 Å². The second-order valence-corrected chi connectivity index (χ2v) is 7.49. The summed E-state index contributed by atoms with van der Waals surface area (Å²) >= 11 is 0. The van der Waals surface area contributed by atoms with Gasteiger partial charge in [0, 0.05) is 32.4 Å². The van der Waals surface area contributed by atoms with Gasteiger partial charge >= 0.3 is 6.18 Å². The van der Waals surface area contributed by atoms with Crippen molar-refractivity contribution in [3.63, 3.8) is 0 Å². The highest BCUT2D eigenvalue weighted by Crippen LogP contribution is 2.42. The van der Waals surface area contributed by atoms with Crippen LogP contribution < -0.4 is 4.90 Å². The number of carbonyl (C=O) groups is 1. The van der Waals surface area contributed by atoms with E-state index in [9.17, 15) is 18.0 Å². The number of piperidine rings is 1. The van der Waals surface area contributed by atoms with Gasteiger partial charge in [-0.1, -0.05) is 0 Å². The number of rotatable bonds is 3. The summed E-state index contributed by atoms with van der Waals surface area (Å²) in [7, 11) is 0. The minimum absolute atomic E-state index is 0.0683. The Balaban J connectivity index is 1.51. The van der Waals surface area contributed by atoms with Gasteiger partial charge in [0.1, 0.15) is 5.69 Å². The van der Waals surface area contributed by atoms with Gasteiger partial charge in [-0.2, -0.15) is 13.2 Å². The largest absolute Gasteiger partial charge is 0.433 e. The van der Waals surface area contributed by atoms with Crippen molar-refractivity contribution in [1.82, 2.24) is 14.9 Å². The van der Waals surface area contributed by atoms with Crippen molar-refractivity contribution in [3.8, 4) is 0 Å². The fraction of sp³-hybridized carbons (Fsp3) is 0.706. The molecule has 1 aromatic heterocycles. The Morgan fingerprint density at radius 3 is 2.76 bits per heavy atom. The lowest BCUT2D eigenvalue weighted by molar-refractivity contribution is -0.145. The third-order valence-corrected chi connectivity index (χ3v) is 5.57. The first-order chi connectivity index (χ1) is 11.9. The number of amides is 1. The Morgan fingerprint density at radius 1 is 1.24 bits per heavy atom. The molecule has 0 radical (unpaired) electrons. The molecule has 8 heteroatoms. The minimum Gasteiger partial charge on any atom is -0.342 e. The predicted octanol–water partition coefficient (Wildman–Crippen LogP) is 2.72. The summed E-state index contributed by atoms with van der Waals surface area (Å²) in [6.07, 6.45) is 1.45. The Kier molecular flexibility index (Phi) is 3.88. The summed E-state index contributed by atoms with van der Waals surface area (Å²) < 4.78 is 38.6. The maximum absolute atomic E-state index is 13.0. The van der Waals surface area contributed by atoms with E-state index in [1.54, 1.807) is 4.90 Å². The molecular weight excluding hydrogens is 333 g/mol. The SMILES string of the molecule is O=C1N(CC2CC2)CCC[C@]12CCN(c1nccc(C(F)(F)F)n1)C2. The first kappa shape index (κ1) is 16.6. The number of hydrogen-bond acceptors (Lipinski definition) is 4. The molecule has 5 nitrogen and oxygen atoms in total. The van der Waals surface area contributed by atoms with E-state index >= 15 is 0 Å². The minimum atomic E-state index is -4.49. The van der Waals surface area contributed by atoms with Crippen LogP contribution in [0.3, 0.4) is 0 Å². The highest BCUT2D eigenvalue weighted by molar-refractivity contribution is 5.85. The molecule has 25 heavy (non-hydrogen) atoms. The average molecular weight is 354 g/mol. The second kappa shape index (κ2) is 5.85. The fourth-order valence-corrected chi connectivity index (χ4v) is 4.02. The number of carbonyl (C=O) groups excluding carboxylic acids is 1. The van der Waals surface area contributed by atoms with Crippen molar-refractivity contribution in [3.05, 3.63) is 18.0 Å². The van der Waals surface area contributed by atoms with Crippen LogP contribution in [0, 0.1) is 11.3 Å². The molecule has 1 aliphatic carbocycles. The summed E-state index contributed by atoms with van der Waals surface area (Å²) in [6, 6.07) is 0.873. The topological polar surface area (TPSA) is 49.3 Å². The zero-order valence-electron chi connectivity index (χ0n) is 13.9. The van der Waals surface area contributed by atoms with Crippen LogP contribution in [-0.4, -0.2) is 47.0 Å². The van der Waals surface area contributed by atoms with E-state index in [0.29, 0.717) is 25.4 Å². The summed E-state index contributed by atoms with van der Waals surface area (Å²) in [6.45, 7) is 2.57. The lowest BCUT2D eigenvalue weighted by Gasteiger charge is -2.39. The van der Waals surface area contributed by atoms with Gasteiger partial charge in [0.15, 0.2) is 0 Å². The number of alkyl halides is 3. The monoisotopic (exact) mass is 354 g/mol. The first-order valence-electron chi connectivity index (χ1n) is 8.82. The van der Waals surface area contributed by atoms with E-state index in [2.05, 4.69) is 9.97 Å².